The Morgan fingerprint density at radius 2 is 2.08 bits per heavy atom. The number of aromatic nitrogens is 4. The number of rotatable bonds is 4. The molecule has 7 heteroatoms. The zero-order valence-electron chi connectivity index (χ0n) is 15.2. The van der Waals surface area contributed by atoms with E-state index in [1.165, 1.54) is 0 Å². The number of nitrogens with zero attached hydrogens (tertiary/aromatic N) is 4. The number of aliphatic hydroxyl groups is 1. The molecule has 1 aliphatic heterocycles. The van der Waals surface area contributed by atoms with Crippen LogP contribution in [0.2, 0.25) is 0 Å². The maximum Gasteiger partial charge on any atom is 0.182 e. The lowest BCUT2D eigenvalue weighted by molar-refractivity contribution is 0.0444. The summed E-state index contributed by atoms with van der Waals surface area (Å²) in [6, 6.07) is 4.42. The molecule has 1 saturated heterocycles. The van der Waals surface area contributed by atoms with E-state index >= 15 is 0 Å². The van der Waals surface area contributed by atoms with Gasteiger partial charge in [0.05, 0.1) is 6.10 Å². The molecule has 0 unspecified atom stereocenters. The normalized spacial score (nSPS) is 27.5. The standard InChI is InChI=1S/C19H27N5O2/c1-24-19(22-18(23-24)14-3-2-8-20-12-14)13-4-5-17(25)16(11-13)21-15-6-9-26-10-7-15/h2-3,8,12-13,15-17,21,25H,4-7,9-11H2,1H3/t13-,16+,17+/m0/s1. The van der Waals surface area contributed by atoms with Crippen LogP contribution in [0.15, 0.2) is 24.5 Å². The van der Waals surface area contributed by atoms with Gasteiger partial charge in [-0.25, -0.2) is 4.98 Å². The van der Waals surface area contributed by atoms with Crippen molar-refractivity contribution in [3.63, 3.8) is 0 Å². The highest BCUT2D eigenvalue weighted by Crippen LogP contribution is 2.33. The molecular formula is C19H27N5O2. The van der Waals surface area contributed by atoms with Crippen LogP contribution in [0.1, 0.15) is 43.8 Å². The monoisotopic (exact) mass is 357 g/mol. The van der Waals surface area contributed by atoms with Crippen LogP contribution in [0.4, 0.5) is 0 Å². The molecule has 7 nitrogen and oxygen atoms in total. The summed E-state index contributed by atoms with van der Waals surface area (Å²) in [5.41, 5.74) is 0.932. The Hall–Kier alpha value is -1.83. The fourth-order valence-electron chi connectivity index (χ4n) is 4.10. The lowest BCUT2D eigenvalue weighted by Gasteiger charge is -2.37. The molecule has 3 heterocycles. The Balaban J connectivity index is 1.48. The first-order chi connectivity index (χ1) is 12.7. The predicted octanol–water partition coefficient (Wildman–Crippen LogP) is 1.64. The molecule has 26 heavy (non-hydrogen) atoms. The fourth-order valence-corrected chi connectivity index (χ4v) is 4.10. The van der Waals surface area contributed by atoms with Gasteiger partial charge in [0.25, 0.3) is 0 Å². The summed E-state index contributed by atoms with van der Waals surface area (Å²) in [7, 11) is 1.95. The van der Waals surface area contributed by atoms with E-state index in [1.807, 2.05) is 23.9 Å². The molecule has 1 saturated carbocycles. The summed E-state index contributed by atoms with van der Waals surface area (Å²) in [6.45, 7) is 1.61. The number of nitrogens with one attached hydrogen (secondary N) is 1. The van der Waals surface area contributed by atoms with Crippen LogP contribution in [-0.2, 0) is 11.8 Å². The van der Waals surface area contributed by atoms with Gasteiger partial charge >= 0.3 is 0 Å². The first-order valence-corrected chi connectivity index (χ1v) is 9.54. The zero-order chi connectivity index (χ0) is 17.9. The summed E-state index contributed by atoms with van der Waals surface area (Å²) in [5.74, 6) is 2.02. The Bertz CT molecular complexity index is 714. The second-order valence-electron chi connectivity index (χ2n) is 7.40. The van der Waals surface area contributed by atoms with Crippen LogP contribution in [0.5, 0.6) is 0 Å². The molecule has 0 bridgehead atoms. The molecule has 4 rings (SSSR count). The van der Waals surface area contributed by atoms with Crippen molar-refractivity contribution in [2.75, 3.05) is 13.2 Å². The summed E-state index contributed by atoms with van der Waals surface area (Å²) in [5, 5.41) is 18.7. The first kappa shape index (κ1) is 17.6. The van der Waals surface area contributed by atoms with Crippen LogP contribution in [0, 0.1) is 0 Å². The van der Waals surface area contributed by atoms with Gasteiger partial charge in [-0.2, -0.15) is 5.10 Å². The Morgan fingerprint density at radius 1 is 1.23 bits per heavy atom. The van der Waals surface area contributed by atoms with Crippen LogP contribution in [-0.4, -0.2) is 56.3 Å². The molecule has 2 aromatic heterocycles. The smallest absolute Gasteiger partial charge is 0.182 e. The maximum absolute atomic E-state index is 10.5. The molecule has 0 spiro atoms. The van der Waals surface area contributed by atoms with E-state index in [2.05, 4.69) is 15.4 Å². The lowest BCUT2D eigenvalue weighted by Crippen LogP contribution is -2.50. The Labute approximate surface area is 153 Å². The van der Waals surface area contributed by atoms with Gasteiger partial charge in [0.1, 0.15) is 5.82 Å². The van der Waals surface area contributed by atoms with Crippen molar-refractivity contribution in [3.05, 3.63) is 30.4 Å². The average Bonchev–Trinajstić information content (AvgIpc) is 3.07. The summed E-state index contributed by atoms with van der Waals surface area (Å²) in [4.78, 5) is 8.95. The van der Waals surface area contributed by atoms with E-state index < -0.39 is 0 Å². The van der Waals surface area contributed by atoms with Crippen molar-refractivity contribution in [2.24, 2.45) is 7.05 Å². The van der Waals surface area contributed by atoms with Crippen molar-refractivity contribution in [1.29, 1.82) is 0 Å². The van der Waals surface area contributed by atoms with Gasteiger partial charge in [-0.1, -0.05) is 0 Å². The van der Waals surface area contributed by atoms with Crippen molar-refractivity contribution >= 4 is 0 Å². The third kappa shape index (κ3) is 3.79. The van der Waals surface area contributed by atoms with E-state index in [4.69, 9.17) is 9.72 Å². The Kier molecular flexibility index (Phi) is 5.28. The van der Waals surface area contributed by atoms with Crippen LogP contribution in [0.3, 0.4) is 0 Å². The van der Waals surface area contributed by atoms with Crippen LogP contribution in [0.25, 0.3) is 11.4 Å². The van der Waals surface area contributed by atoms with E-state index in [0.29, 0.717) is 12.0 Å². The Morgan fingerprint density at radius 3 is 2.85 bits per heavy atom. The van der Waals surface area contributed by atoms with Gasteiger partial charge < -0.3 is 15.2 Å². The molecule has 2 N–H and O–H groups in total. The highest BCUT2D eigenvalue weighted by molar-refractivity contribution is 5.52. The number of pyridine rings is 1. The third-order valence-corrected chi connectivity index (χ3v) is 5.57. The number of aliphatic hydroxyl groups excluding tert-OH is 1. The third-order valence-electron chi connectivity index (χ3n) is 5.57. The molecule has 0 aromatic carbocycles. The SMILES string of the molecule is Cn1nc(-c2cccnc2)nc1[C@H]1CC[C@@H](O)[C@H](NC2CCOCC2)C1. The van der Waals surface area contributed by atoms with Crippen LogP contribution < -0.4 is 5.32 Å². The molecule has 140 valence electrons. The molecule has 3 atom stereocenters. The van der Waals surface area contributed by atoms with Gasteiger partial charge in [-0.3, -0.25) is 9.67 Å². The fraction of sp³-hybridized carbons (Fsp3) is 0.632. The summed E-state index contributed by atoms with van der Waals surface area (Å²) in [6.07, 6.45) is 7.90. The van der Waals surface area contributed by atoms with E-state index in [1.54, 1.807) is 12.4 Å². The molecule has 2 aromatic rings. The van der Waals surface area contributed by atoms with Gasteiger partial charge in [-0.15, -0.1) is 0 Å². The van der Waals surface area contributed by atoms with Crippen molar-refractivity contribution in [3.8, 4) is 11.4 Å². The zero-order valence-corrected chi connectivity index (χ0v) is 15.2. The van der Waals surface area contributed by atoms with Crippen molar-refractivity contribution < 1.29 is 9.84 Å². The highest BCUT2D eigenvalue weighted by Gasteiger charge is 2.34. The molecule has 1 aliphatic carbocycles. The maximum atomic E-state index is 10.5. The minimum absolute atomic E-state index is 0.107. The second kappa shape index (κ2) is 7.82. The summed E-state index contributed by atoms with van der Waals surface area (Å²) >= 11 is 0. The molecule has 0 radical (unpaired) electrons. The van der Waals surface area contributed by atoms with Crippen LogP contribution >= 0.6 is 0 Å². The number of hydrogen-bond donors (Lipinski definition) is 2. The minimum Gasteiger partial charge on any atom is -0.392 e. The number of hydrogen-bond acceptors (Lipinski definition) is 6. The van der Waals surface area contributed by atoms with Crippen molar-refractivity contribution in [1.82, 2.24) is 25.1 Å². The first-order valence-electron chi connectivity index (χ1n) is 9.54. The molecule has 2 aliphatic rings. The highest BCUT2D eigenvalue weighted by atomic mass is 16.5. The lowest BCUT2D eigenvalue weighted by atomic mass is 9.82. The van der Waals surface area contributed by atoms with Gasteiger partial charge in [0, 0.05) is 56.2 Å². The number of ether oxygens (including phenoxy) is 1. The van der Waals surface area contributed by atoms with E-state index in [-0.39, 0.29) is 12.1 Å². The number of aryl methyl sites for hydroxylation is 1. The van der Waals surface area contributed by atoms with Gasteiger partial charge in [0.15, 0.2) is 5.82 Å². The average molecular weight is 357 g/mol. The van der Waals surface area contributed by atoms with E-state index in [0.717, 1.165) is 62.5 Å². The minimum atomic E-state index is -0.292. The summed E-state index contributed by atoms with van der Waals surface area (Å²) < 4.78 is 7.32. The predicted molar refractivity (Wildman–Crippen MR) is 97.6 cm³/mol. The van der Waals surface area contributed by atoms with Crippen molar-refractivity contribution in [2.45, 2.75) is 56.2 Å². The topological polar surface area (TPSA) is 85.1 Å². The molecular weight excluding hydrogens is 330 g/mol. The van der Waals surface area contributed by atoms with E-state index in [9.17, 15) is 5.11 Å². The second-order valence-corrected chi connectivity index (χ2v) is 7.40. The van der Waals surface area contributed by atoms with Gasteiger partial charge in [0.2, 0.25) is 0 Å². The molecule has 2 fully saturated rings. The quantitative estimate of drug-likeness (QED) is 0.865. The molecule has 0 amide bonds. The van der Waals surface area contributed by atoms with Gasteiger partial charge in [-0.05, 0) is 44.2 Å². The largest absolute Gasteiger partial charge is 0.392 e.